The molecule has 147 valence electrons. The first-order valence-corrected chi connectivity index (χ1v) is 11.1. The van der Waals surface area contributed by atoms with Gasteiger partial charge in [-0.05, 0) is 35.3 Å². The molecule has 1 unspecified atom stereocenters. The summed E-state index contributed by atoms with van der Waals surface area (Å²) in [7, 11) is 2.23. The summed E-state index contributed by atoms with van der Waals surface area (Å²) in [4.78, 5) is 26.6. The monoisotopic (exact) mass is 386 g/mol. The van der Waals surface area contributed by atoms with Crippen molar-refractivity contribution in [1.82, 2.24) is 0 Å². The molecule has 5 heteroatoms. The molecule has 27 heavy (non-hydrogen) atoms. The summed E-state index contributed by atoms with van der Waals surface area (Å²) >= 11 is 1.63. The minimum absolute atomic E-state index is 0.0357. The van der Waals surface area contributed by atoms with Crippen molar-refractivity contribution < 1.29 is 9.59 Å². The zero-order valence-corrected chi connectivity index (χ0v) is 18.5. The quantitative estimate of drug-likeness (QED) is 0.321. The van der Waals surface area contributed by atoms with E-state index in [9.17, 15) is 9.59 Å². The number of hydrogen-bond acceptors (Lipinski definition) is 3. The highest BCUT2D eigenvalue weighted by molar-refractivity contribution is 8.00. The molecule has 1 saturated heterocycles. The Morgan fingerprint density at radius 3 is 2.30 bits per heavy atom. The Morgan fingerprint density at radius 2 is 1.74 bits per heavy atom. The number of thioether (sulfide) groups is 1. The van der Waals surface area contributed by atoms with E-state index in [1.165, 1.54) is 23.3 Å². The number of rotatable bonds is 9. The van der Waals surface area contributed by atoms with Crippen LogP contribution in [0, 0.1) is 0 Å². The van der Waals surface area contributed by atoms with Crippen molar-refractivity contribution in [2.45, 2.75) is 83.1 Å². The average molecular weight is 386 g/mol. The Morgan fingerprint density at radius 1 is 1.11 bits per heavy atom. The number of carbonyl (C=O) groups excluding carboxylic acids is 2. The van der Waals surface area contributed by atoms with Crippen LogP contribution < -0.4 is 4.90 Å². The van der Waals surface area contributed by atoms with Gasteiger partial charge in [-0.2, -0.15) is 0 Å². The molecule has 0 saturated carbocycles. The van der Waals surface area contributed by atoms with E-state index in [0.717, 1.165) is 12.2 Å². The van der Waals surface area contributed by atoms with Crippen LogP contribution in [0.4, 0.5) is 5.69 Å². The van der Waals surface area contributed by atoms with Gasteiger partial charge in [-0.1, -0.05) is 71.7 Å². The van der Waals surface area contributed by atoms with Crippen molar-refractivity contribution >= 4 is 36.5 Å². The van der Waals surface area contributed by atoms with Crippen molar-refractivity contribution in [1.29, 1.82) is 0 Å². The molecule has 1 radical (unpaired) electrons. The van der Waals surface area contributed by atoms with E-state index in [0.29, 0.717) is 12.1 Å². The third kappa shape index (κ3) is 4.61. The van der Waals surface area contributed by atoms with Gasteiger partial charge >= 0.3 is 0 Å². The van der Waals surface area contributed by atoms with Crippen LogP contribution in [0.25, 0.3) is 0 Å². The van der Waals surface area contributed by atoms with E-state index in [-0.39, 0.29) is 27.8 Å². The lowest BCUT2D eigenvalue weighted by atomic mass is 9.44. The van der Waals surface area contributed by atoms with Gasteiger partial charge in [0.2, 0.25) is 11.8 Å². The molecule has 0 bridgehead atoms. The van der Waals surface area contributed by atoms with E-state index >= 15 is 0 Å². The predicted molar refractivity (Wildman–Crippen MR) is 118 cm³/mol. The number of benzene rings is 1. The van der Waals surface area contributed by atoms with Crippen LogP contribution in [-0.2, 0) is 15.0 Å². The fourth-order valence-electron chi connectivity index (χ4n) is 3.34. The number of hydrogen-bond donors (Lipinski definition) is 0. The van der Waals surface area contributed by atoms with Crippen molar-refractivity contribution in [3.05, 3.63) is 29.8 Å². The summed E-state index contributed by atoms with van der Waals surface area (Å²) in [5.41, 5.74) is 1.86. The van der Waals surface area contributed by atoms with Gasteiger partial charge in [-0.3, -0.25) is 9.59 Å². The summed E-state index contributed by atoms with van der Waals surface area (Å²) in [6, 6.07) is 7.96. The van der Waals surface area contributed by atoms with Crippen LogP contribution in [0.3, 0.4) is 0 Å². The largest absolute Gasteiger partial charge is 0.274 e. The molecule has 1 heterocycles. The maximum Gasteiger partial charge on any atom is 0.247 e. The van der Waals surface area contributed by atoms with E-state index < -0.39 is 0 Å². The molecule has 0 spiro atoms. The zero-order valence-electron chi connectivity index (χ0n) is 17.7. The first-order valence-electron chi connectivity index (χ1n) is 10.0. The molecular formula is C22H33BNO2S. The van der Waals surface area contributed by atoms with Gasteiger partial charge in [-0.15, -0.1) is 11.8 Å². The van der Waals surface area contributed by atoms with Crippen LogP contribution in [0.2, 0.25) is 12.1 Å². The molecule has 0 aromatic heterocycles. The number of anilines is 1. The van der Waals surface area contributed by atoms with Crippen LogP contribution in [-0.4, -0.2) is 30.1 Å². The highest BCUT2D eigenvalue weighted by atomic mass is 32.2. The van der Waals surface area contributed by atoms with Crippen molar-refractivity contribution in [2.75, 3.05) is 10.7 Å². The topological polar surface area (TPSA) is 37.4 Å². The summed E-state index contributed by atoms with van der Waals surface area (Å²) in [5.74, 6) is 0.805. The zero-order chi connectivity index (χ0) is 20.2. The van der Waals surface area contributed by atoms with Gasteiger partial charge in [0.15, 0.2) is 0 Å². The number of unbranched alkanes of at least 4 members (excludes halogenated alkanes) is 2. The fourth-order valence-corrected chi connectivity index (χ4v) is 4.51. The summed E-state index contributed by atoms with van der Waals surface area (Å²) in [6.45, 7) is 13.2. The van der Waals surface area contributed by atoms with Gasteiger partial charge in [0, 0.05) is 6.42 Å². The third-order valence-corrected chi connectivity index (χ3v) is 7.65. The Hall–Kier alpha value is -1.23. The van der Waals surface area contributed by atoms with Gasteiger partial charge in [0.05, 0.1) is 10.9 Å². The molecule has 2 amide bonds. The van der Waals surface area contributed by atoms with E-state index in [1.807, 2.05) is 12.1 Å². The minimum Gasteiger partial charge on any atom is -0.274 e. The number of imide groups is 1. The Labute approximate surface area is 169 Å². The molecule has 0 N–H and O–H groups in total. The minimum atomic E-state index is -0.223. The van der Waals surface area contributed by atoms with Crippen LogP contribution >= 0.6 is 11.8 Å². The summed E-state index contributed by atoms with van der Waals surface area (Å²) in [5, 5.41) is -0.187. The number of amides is 2. The predicted octanol–water partition coefficient (Wildman–Crippen LogP) is 5.47. The molecular weight excluding hydrogens is 353 g/mol. The molecule has 1 aliphatic heterocycles. The molecule has 1 aliphatic rings. The molecule has 1 atom stereocenters. The molecule has 1 fully saturated rings. The highest BCUT2D eigenvalue weighted by Crippen LogP contribution is 2.46. The lowest BCUT2D eigenvalue weighted by Gasteiger charge is -2.42. The van der Waals surface area contributed by atoms with Crippen LogP contribution in [0.5, 0.6) is 0 Å². The SMILES string of the molecule is C[B]C(C)(C)C(C)(C)c1ccc(N2C(=O)CC(SCCCCC)C2=O)cc1. The fraction of sp³-hybridized carbons (Fsp3) is 0.636. The molecule has 2 rings (SSSR count). The maximum atomic E-state index is 12.7. The maximum absolute atomic E-state index is 12.7. The van der Waals surface area contributed by atoms with Gasteiger partial charge in [0.1, 0.15) is 7.28 Å². The van der Waals surface area contributed by atoms with E-state index in [2.05, 4.69) is 60.9 Å². The van der Waals surface area contributed by atoms with Crippen LogP contribution in [0.15, 0.2) is 24.3 Å². The van der Waals surface area contributed by atoms with E-state index in [4.69, 9.17) is 0 Å². The normalized spacial score (nSPS) is 18.3. The number of carbonyl (C=O) groups is 2. The molecule has 1 aromatic carbocycles. The van der Waals surface area contributed by atoms with Crippen LogP contribution in [0.1, 0.15) is 65.9 Å². The molecule has 0 aliphatic carbocycles. The second-order valence-corrected chi connectivity index (χ2v) is 9.83. The molecule has 3 nitrogen and oxygen atoms in total. The highest BCUT2D eigenvalue weighted by Gasteiger charge is 2.40. The lowest BCUT2D eigenvalue weighted by molar-refractivity contribution is -0.121. The van der Waals surface area contributed by atoms with Crippen molar-refractivity contribution in [3.63, 3.8) is 0 Å². The second kappa shape index (κ2) is 8.85. The van der Waals surface area contributed by atoms with Gasteiger partial charge in [-0.25, -0.2) is 4.90 Å². The Kier molecular flexibility index (Phi) is 7.23. The Bertz CT molecular complexity index is 669. The average Bonchev–Trinajstić information content (AvgIpc) is 2.92. The van der Waals surface area contributed by atoms with Crippen molar-refractivity contribution in [2.24, 2.45) is 0 Å². The standard InChI is InChI=1S/C22H33BNO2S/c1-7-8-9-14-27-18-15-19(25)24(20(18)26)17-12-10-16(11-13-17)21(2,3)22(4,5)23-6/h10-13,18H,7-9,14-15H2,1-6H3. The van der Waals surface area contributed by atoms with Gasteiger partial charge in [0.25, 0.3) is 0 Å². The first kappa shape index (κ1) is 22.1. The van der Waals surface area contributed by atoms with E-state index in [1.54, 1.807) is 11.8 Å². The second-order valence-electron chi connectivity index (χ2n) is 8.52. The summed E-state index contributed by atoms with van der Waals surface area (Å²) < 4.78 is 0. The molecule has 1 aromatic rings. The Balaban J connectivity index is 2.12. The smallest absolute Gasteiger partial charge is 0.247 e. The third-order valence-electron chi connectivity index (χ3n) is 6.35. The van der Waals surface area contributed by atoms with Crippen molar-refractivity contribution in [3.8, 4) is 0 Å². The van der Waals surface area contributed by atoms with Gasteiger partial charge < -0.3 is 0 Å². The summed E-state index contributed by atoms with van der Waals surface area (Å²) in [6.07, 6.45) is 3.77. The lowest BCUT2D eigenvalue weighted by Crippen LogP contribution is -2.35. The first-order chi connectivity index (χ1) is 12.7. The number of nitrogens with zero attached hydrogens (tertiary/aromatic N) is 1.